The Hall–Kier alpha value is -3.10. The van der Waals surface area contributed by atoms with Crippen molar-refractivity contribution in [2.24, 2.45) is 0 Å². The summed E-state index contributed by atoms with van der Waals surface area (Å²) in [5.41, 5.74) is 3.94. The minimum absolute atomic E-state index is 0.242. The molecule has 1 atom stereocenters. The van der Waals surface area contributed by atoms with Crippen LogP contribution in [-0.4, -0.2) is 72.1 Å². The number of carbonyl (C=O) groups is 1. The molecule has 1 aromatic carbocycles. The second-order valence-electron chi connectivity index (χ2n) is 8.36. The van der Waals surface area contributed by atoms with Crippen LogP contribution in [0.4, 0.5) is 10.5 Å². The molecule has 2 fully saturated rings. The first-order valence-corrected chi connectivity index (χ1v) is 11.1. The van der Waals surface area contributed by atoms with E-state index in [1.54, 1.807) is 4.90 Å². The van der Waals surface area contributed by atoms with Gasteiger partial charge in [0.25, 0.3) is 0 Å². The highest BCUT2D eigenvalue weighted by molar-refractivity contribution is 5.94. The van der Waals surface area contributed by atoms with E-state index >= 15 is 0 Å². The maximum Gasteiger partial charge on any atom is 0.409 e. The Labute approximate surface area is 186 Å². The van der Waals surface area contributed by atoms with Gasteiger partial charge in [0.05, 0.1) is 13.2 Å². The summed E-state index contributed by atoms with van der Waals surface area (Å²) in [7, 11) is 0. The first-order valence-electron chi connectivity index (χ1n) is 11.1. The summed E-state index contributed by atoms with van der Waals surface area (Å²) in [4.78, 5) is 24.0. The smallest absolute Gasteiger partial charge is 0.409 e. The minimum atomic E-state index is -0.889. The molecular formula is C24H28N4O4. The van der Waals surface area contributed by atoms with Crippen molar-refractivity contribution in [3.63, 3.8) is 0 Å². The fourth-order valence-electron chi connectivity index (χ4n) is 4.53. The number of piperazine rings is 1. The quantitative estimate of drug-likeness (QED) is 0.653. The van der Waals surface area contributed by atoms with Gasteiger partial charge in [0.15, 0.2) is 0 Å². The molecule has 2 aliphatic rings. The number of aromatic nitrogens is 2. The van der Waals surface area contributed by atoms with Crippen molar-refractivity contribution in [2.75, 3.05) is 50.9 Å². The van der Waals surface area contributed by atoms with Crippen molar-refractivity contribution in [2.45, 2.75) is 18.9 Å². The molecule has 2 aliphatic heterocycles. The van der Waals surface area contributed by atoms with E-state index in [2.05, 4.69) is 20.9 Å². The lowest BCUT2D eigenvalue weighted by Crippen LogP contribution is -2.49. The third-order valence-corrected chi connectivity index (χ3v) is 6.39. The van der Waals surface area contributed by atoms with Crippen LogP contribution in [0.5, 0.6) is 0 Å². The van der Waals surface area contributed by atoms with Gasteiger partial charge in [-0.05, 0) is 30.2 Å². The number of aliphatic hydroxyl groups is 1. The van der Waals surface area contributed by atoms with Gasteiger partial charge in [-0.1, -0.05) is 24.3 Å². The van der Waals surface area contributed by atoms with E-state index < -0.39 is 5.60 Å². The molecular weight excluding hydrogens is 408 g/mol. The van der Waals surface area contributed by atoms with Gasteiger partial charge in [0, 0.05) is 62.2 Å². The van der Waals surface area contributed by atoms with Crippen molar-refractivity contribution in [1.29, 1.82) is 0 Å². The van der Waals surface area contributed by atoms with Crippen LogP contribution in [-0.2, 0) is 15.1 Å². The number of aromatic amines is 1. The fourth-order valence-corrected chi connectivity index (χ4v) is 4.53. The number of hydrogen-bond donors (Lipinski definition) is 2. The molecule has 0 spiro atoms. The standard InChI is InChI=1S/C24H28N4O4/c1-2-32-23(29)28-12-10-27(11-13-28)21-7-9-25-22-19(21)15-20(26-22)17-3-5-18(6-4-17)24(30)8-14-31-16-24/h3-7,9,15,30H,2,8,10-14,16H2,1H3,(H,25,26)/t24-/m1/s1. The molecule has 5 rings (SSSR count). The number of benzene rings is 1. The molecule has 0 radical (unpaired) electrons. The summed E-state index contributed by atoms with van der Waals surface area (Å²) in [5, 5.41) is 11.8. The average molecular weight is 437 g/mol. The number of ether oxygens (including phenoxy) is 2. The van der Waals surface area contributed by atoms with Gasteiger partial charge in [-0.15, -0.1) is 0 Å². The van der Waals surface area contributed by atoms with Crippen LogP contribution in [0.1, 0.15) is 18.9 Å². The molecule has 8 heteroatoms. The van der Waals surface area contributed by atoms with E-state index in [0.29, 0.717) is 39.3 Å². The SMILES string of the molecule is CCOC(=O)N1CCN(c2ccnc3[nH]c(-c4ccc([C@@]5(O)CCOC5)cc4)cc23)CC1. The van der Waals surface area contributed by atoms with E-state index in [-0.39, 0.29) is 6.09 Å². The zero-order valence-corrected chi connectivity index (χ0v) is 18.2. The summed E-state index contributed by atoms with van der Waals surface area (Å²) >= 11 is 0. The number of amides is 1. The van der Waals surface area contributed by atoms with Crippen LogP contribution < -0.4 is 4.90 Å². The summed E-state index contributed by atoms with van der Waals surface area (Å²) in [6.45, 7) is 5.90. The molecule has 2 N–H and O–H groups in total. The number of nitrogens with one attached hydrogen (secondary N) is 1. The predicted octanol–water partition coefficient (Wildman–Crippen LogP) is 3.12. The number of nitrogens with zero attached hydrogens (tertiary/aromatic N) is 3. The van der Waals surface area contributed by atoms with Crippen LogP contribution in [0.15, 0.2) is 42.6 Å². The van der Waals surface area contributed by atoms with Crippen LogP contribution in [0.3, 0.4) is 0 Å². The zero-order chi connectivity index (χ0) is 22.1. The molecule has 8 nitrogen and oxygen atoms in total. The summed E-state index contributed by atoms with van der Waals surface area (Å²) in [6, 6.07) is 12.1. The van der Waals surface area contributed by atoms with Crippen molar-refractivity contribution >= 4 is 22.8 Å². The van der Waals surface area contributed by atoms with Gasteiger partial charge < -0.3 is 29.4 Å². The Morgan fingerprint density at radius 2 is 2.00 bits per heavy atom. The van der Waals surface area contributed by atoms with Crippen LogP contribution in [0, 0.1) is 0 Å². The van der Waals surface area contributed by atoms with Gasteiger partial charge in [-0.3, -0.25) is 0 Å². The second kappa shape index (κ2) is 8.44. The second-order valence-corrected chi connectivity index (χ2v) is 8.36. The van der Waals surface area contributed by atoms with Crippen LogP contribution >= 0.6 is 0 Å². The maximum absolute atomic E-state index is 12.0. The van der Waals surface area contributed by atoms with Gasteiger partial charge in [0.1, 0.15) is 11.2 Å². The molecule has 32 heavy (non-hydrogen) atoms. The first-order chi connectivity index (χ1) is 15.6. The van der Waals surface area contributed by atoms with Crippen molar-refractivity contribution in [1.82, 2.24) is 14.9 Å². The number of pyridine rings is 1. The number of fused-ring (bicyclic) bond motifs is 1. The number of carbonyl (C=O) groups excluding carboxylic acids is 1. The maximum atomic E-state index is 12.0. The Balaban J connectivity index is 1.36. The van der Waals surface area contributed by atoms with E-state index in [4.69, 9.17) is 9.47 Å². The van der Waals surface area contributed by atoms with E-state index in [0.717, 1.165) is 46.6 Å². The Morgan fingerprint density at radius 3 is 2.69 bits per heavy atom. The topological polar surface area (TPSA) is 90.9 Å². The third-order valence-electron chi connectivity index (χ3n) is 6.39. The number of anilines is 1. The van der Waals surface area contributed by atoms with Crippen molar-refractivity contribution in [3.05, 3.63) is 48.2 Å². The van der Waals surface area contributed by atoms with Crippen molar-refractivity contribution < 1.29 is 19.4 Å². The lowest BCUT2D eigenvalue weighted by molar-refractivity contribution is 0.0232. The lowest BCUT2D eigenvalue weighted by atomic mass is 9.92. The highest BCUT2D eigenvalue weighted by atomic mass is 16.6. The molecule has 168 valence electrons. The van der Waals surface area contributed by atoms with Crippen LogP contribution in [0.25, 0.3) is 22.3 Å². The van der Waals surface area contributed by atoms with Gasteiger partial charge >= 0.3 is 6.09 Å². The van der Waals surface area contributed by atoms with Crippen molar-refractivity contribution in [3.8, 4) is 11.3 Å². The molecule has 1 amide bonds. The summed E-state index contributed by atoms with van der Waals surface area (Å²) in [6.07, 6.45) is 2.19. The number of H-pyrrole nitrogens is 1. The Morgan fingerprint density at radius 1 is 1.22 bits per heavy atom. The first kappa shape index (κ1) is 20.8. The summed E-state index contributed by atoms with van der Waals surface area (Å²) < 4.78 is 10.5. The third kappa shape index (κ3) is 3.80. The zero-order valence-electron chi connectivity index (χ0n) is 18.2. The molecule has 0 aliphatic carbocycles. The highest BCUT2D eigenvalue weighted by Gasteiger charge is 2.34. The molecule has 0 saturated carbocycles. The van der Waals surface area contributed by atoms with Gasteiger partial charge in [-0.25, -0.2) is 9.78 Å². The predicted molar refractivity (Wildman–Crippen MR) is 122 cm³/mol. The van der Waals surface area contributed by atoms with Gasteiger partial charge in [0.2, 0.25) is 0 Å². The molecule has 3 aromatic rings. The monoisotopic (exact) mass is 436 g/mol. The highest BCUT2D eigenvalue weighted by Crippen LogP contribution is 2.34. The number of rotatable bonds is 4. The van der Waals surface area contributed by atoms with E-state index in [1.807, 2.05) is 43.5 Å². The average Bonchev–Trinajstić information content (AvgIpc) is 3.46. The van der Waals surface area contributed by atoms with E-state index in [9.17, 15) is 9.90 Å². The molecule has 2 aromatic heterocycles. The lowest BCUT2D eigenvalue weighted by Gasteiger charge is -2.35. The molecule has 0 unspecified atom stereocenters. The van der Waals surface area contributed by atoms with Crippen LogP contribution in [0.2, 0.25) is 0 Å². The Bertz CT molecular complexity index is 1100. The van der Waals surface area contributed by atoms with E-state index in [1.165, 1.54) is 0 Å². The normalized spacial score (nSPS) is 21.3. The molecule has 0 bridgehead atoms. The largest absolute Gasteiger partial charge is 0.450 e. The summed E-state index contributed by atoms with van der Waals surface area (Å²) in [5.74, 6) is 0. The molecule has 2 saturated heterocycles. The minimum Gasteiger partial charge on any atom is -0.450 e. The van der Waals surface area contributed by atoms with Gasteiger partial charge in [-0.2, -0.15) is 0 Å². The Kier molecular flexibility index (Phi) is 5.48. The fraction of sp³-hybridized carbons (Fsp3) is 0.417. The number of hydrogen-bond acceptors (Lipinski definition) is 6. The molecule has 4 heterocycles.